The zero-order valence-electron chi connectivity index (χ0n) is 14.9. The van der Waals surface area contributed by atoms with Crippen molar-refractivity contribution in [1.82, 2.24) is 9.97 Å². The number of ether oxygens (including phenoxy) is 3. The molecule has 1 heterocycles. The molecule has 0 spiro atoms. The van der Waals surface area contributed by atoms with E-state index in [0.29, 0.717) is 10.6 Å². The molecule has 2 aromatic carbocycles. The monoisotopic (exact) mass is 408 g/mol. The molecular weight excluding hydrogens is 394 g/mol. The molecule has 3 rings (SSSR count). The van der Waals surface area contributed by atoms with Crippen LogP contribution >= 0.6 is 11.6 Å². The lowest BCUT2D eigenvalue weighted by molar-refractivity contribution is 0.286. The third kappa shape index (κ3) is 4.58. The van der Waals surface area contributed by atoms with Gasteiger partial charge in [-0.15, -0.1) is 0 Å². The van der Waals surface area contributed by atoms with Crippen molar-refractivity contribution in [2.45, 2.75) is 13.5 Å². The summed E-state index contributed by atoms with van der Waals surface area (Å²) < 4.78 is 44.2. The first kappa shape index (κ1) is 19.6. The first-order valence-corrected chi connectivity index (χ1v) is 8.43. The van der Waals surface area contributed by atoms with E-state index in [0.717, 1.165) is 12.1 Å². The summed E-state index contributed by atoms with van der Waals surface area (Å²) in [7, 11) is 1.34. The second-order valence-electron chi connectivity index (χ2n) is 5.78. The fraction of sp³-hybridized carbons (Fsp3) is 0.158. The summed E-state index contributed by atoms with van der Waals surface area (Å²) in [6.07, 6.45) is 0. The summed E-state index contributed by atoms with van der Waals surface area (Å²) in [5.74, 6) is -1.97. The van der Waals surface area contributed by atoms with Gasteiger partial charge in [-0.25, -0.2) is 13.6 Å². The minimum atomic E-state index is -0.896. The van der Waals surface area contributed by atoms with Crippen LogP contribution in [0, 0.1) is 18.6 Å². The number of H-pyrrole nitrogens is 1. The van der Waals surface area contributed by atoms with Crippen LogP contribution in [-0.2, 0) is 6.61 Å². The van der Waals surface area contributed by atoms with E-state index >= 15 is 0 Å². The molecule has 0 atom stereocenters. The number of aryl methyl sites for hydroxylation is 1. The van der Waals surface area contributed by atoms with Gasteiger partial charge in [-0.3, -0.25) is 4.98 Å². The van der Waals surface area contributed by atoms with Gasteiger partial charge < -0.3 is 14.2 Å². The van der Waals surface area contributed by atoms with Gasteiger partial charge in [-0.2, -0.15) is 4.98 Å². The van der Waals surface area contributed by atoms with Crippen LogP contribution in [0.1, 0.15) is 11.1 Å². The number of hydrogen-bond acceptors (Lipinski definition) is 5. The molecule has 9 heteroatoms. The van der Waals surface area contributed by atoms with Crippen LogP contribution in [-0.4, -0.2) is 17.1 Å². The van der Waals surface area contributed by atoms with Crippen molar-refractivity contribution in [2.24, 2.45) is 0 Å². The molecule has 6 nitrogen and oxygen atoms in total. The Morgan fingerprint density at radius 2 is 1.86 bits per heavy atom. The summed E-state index contributed by atoms with van der Waals surface area (Å²) in [6.45, 7) is 1.55. The lowest BCUT2D eigenvalue weighted by Gasteiger charge is -2.11. The van der Waals surface area contributed by atoms with E-state index < -0.39 is 23.1 Å². The predicted molar refractivity (Wildman–Crippen MR) is 98.4 cm³/mol. The quantitative estimate of drug-likeness (QED) is 0.654. The van der Waals surface area contributed by atoms with Gasteiger partial charge in [0, 0.05) is 5.02 Å². The van der Waals surface area contributed by atoms with Crippen LogP contribution in [0.2, 0.25) is 5.02 Å². The minimum absolute atomic E-state index is 0.0506. The number of nitrogens with zero attached hydrogens (tertiary/aromatic N) is 1. The Hall–Kier alpha value is -3.13. The van der Waals surface area contributed by atoms with Gasteiger partial charge in [0.2, 0.25) is 11.8 Å². The molecule has 0 aliphatic carbocycles. The first-order chi connectivity index (χ1) is 13.4. The molecule has 1 aromatic heterocycles. The first-order valence-electron chi connectivity index (χ1n) is 8.06. The van der Waals surface area contributed by atoms with Gasteiger partial charge in [0.25, 0.3) is 0 Å². The fourth-order valence-electron chi connectivity index (χ4n) is 2.35. The van der Waals surface area contributed by atoms with Gasteiger partial charge in [0.05, 0.1) is 13.2 Å². The Labute approximate surface area is 163 Å². The van der Waals surface area contributed by atoms with Crippen LogP contribution in [0.5, 0.6) is 23.3 Å². The molecular formula is C19H15ClF2N2O4. The Bertz CT molecular complexity index is 1050. The molecule has 28 heavy (non-hydrogen) atoms. The SMILES string of the molecule is COc1cc(OCc2cc(F)c(Oc3ccc(Cl)c(C)c3)c(F)c2)[nH]c(=O)n1. The van der Waals surface area contributed by atoms with Gasteiger partial charge >= 0.3 is 5.69 Å². The smallest absolute Gasteiger partial charge is 0.351 e. The molecule has 0 radical (unpaired) electrons. The lowest BCUT2D eigenvalue weighted by atomic mass is 10.2. The molecule has 0 unspecified atom stereocenters. The Balaban J connectivity index is 1.77. The van der Waals surface area contributed by atoms with Gasteiger partial charge in [-0.1, -0.05) is 11.6 Å². The molecule has 146 valence electrons. The van der Waals surface area contributed by atoms with Gasteiger partial charge in [0.1, 0.15) is 12.4 Å². The molecule has 0 saturated carbocycles. The summed E-state index contributed by atoms with van der Waals surface area (Å²) in [5, 5.41) is 0.520. The Morgan fingerprint density at radius 3 is 2.50 bits per heavy atom. The molecule has 1 N–H and O–H groups in total. The molecule has 0 amide bonds. The van der Waals surface area contributed by atoms with E-state index in [9.17, 15) is 13.6 Å². The summed E-state index contributed by atoms with van der Waals surface area (Å²) in [6, 6.07) is 8.17. The number of nitrogens with one attached hydrogen (secondary N) is 1. The highest BCUT2D eigenvalue weighted by atomic mass is 35.5. The number of hydrogen-bond donors (Lipinski definition) is 1. The Kier molecular flexibility index (Phi) is 5.79. The van der Waals surface area contributed by atoms with E-state index in [1.165, 1.54) is 19.2 Å². The Morgan fingerprint density at radius 1 is 1.14 bits per heavy atom. The molecule has 0 bridgehead atoms. The summed E-state index contributed by atoms with van der Waals surface area (Å²) >= 11 is 5.93. The number of aromatic nitrogens is 2. The highest BCUT2D eigenvalue weighted by Gasteiger charge is 2.15. The summed E-state index contributed by atoms with van der Waals surface area (Å²) in [5.41, 5.74) is 0.242. The van der Waals surface area contributed by atoms with Crippen molar-refractivity contribution in [2.75, 3.05) is 7.11 Å². The summed E-state index contributed by atoms with van der Waals surface area (Å²) in [4.78, 5) is 17.3. The third-order valence-corrected chi connectivity index (χ3v) is 4.13. The number of benzene rings is 2. The van der Waals surface area contributed by atoms with Crippen molar-refractivity contribution < 1.29 is 23.0 Å². The molecule has 0 fully saturated rings. The standard InChI is InChI=1S/C19H15ClF2N2O4/c1-10-5-12(3-4-13(10)20)28-18-14(21)6-11(7-15(18)22)9-27-17-8-16(26-2)23-19(25)24-17/h3-8H,9H2,1-2H3,(H,23,24,25). The second kappa shape index (κ2) is 8.26. The maximum atomic E-state index is 14.4. The van der Waals surface area contributed by atoms with Crippen molar-refractivity contribution >= 4 is 11.6 Å². The second-order valence-corrected chi connectivity index (χ2v) is 6.19. The van der Waals surface area contributed by atoms with Crippen molar-refractivity contribution in [3.05, 3.63) is 74.7 Å². The van der Waals surface area contributed by atoms with Crippen LogP contribution < -0.4 is 19.9 Å². The van der Waals surface area contributed by atoms with E-state index in [1.807, 2.05) is 0 Å². The number of halogens is 3. The van der Waals surface area contributed by atoms with Gasteiger partial charge in [-0.05, 0) is 48.4 Å². The van der Waals surface area contributed by atoms with Crippen molar-refractivity contribution in [3.8, 4) is 23.3 Å². The number of aromatic amines is 1. The topological polar surface area (TPSA) is 73.4 Å². The highest BCUT2D eigenvalue weighted by Crippen LogP contribution is 2.31. The van der Waals surface area contributed by atoms with Crippen molar-refractivity contribution in [1.29, 1.82) is 0 Å². The normalized spacial score (nSPS) is 10.6. The van der Waals surface area contributed by atoms with E-state index in [-0.39, 0.29) is 29.7 Å². The largest absolute Gasteiger partial charge is 0.481 e. The predicted octanol–water partition coefficient (Wildman–Crippen LogP) is 4.39. The minimum Gasteiger partial charge on any atom is -0.481 e. The lowest BCUT2D eigenvalue weighted by Crippen LogP contribution is -2.12. The fourth-order valence-corrected chi connectivity index (χ4v) is 2.47. The maximum absolute atomic E-state index is 14.4. The maximum Gasteiger partial charge on any atom is 0.351 e. The number of rotatable bonds is 6. The average molecular weight is 409 g/mol. The molecule has 0 aliphatic heterocycles. The van der Waals surface area contributed by atoms with Crippen LogP contribution in [0.15, 0.2) is 41.2 Å². The van der Waals surface area contributed by atoms with Crippen LogP contribution in [0.4, 0.5) is 8.78 Å². The molecule has 0 saturated heterocycles. The van der Waals surface area contributed by atoms with Crippen molar-refractivity contribution in [3.63, 3.8) is 0 Å². The van der Waals surface area contributed by atoms with Gasteiger partial charge in [0.15, 0.2) is 17.4 Å². The third-order valence-electron chi connectivity index (χ3n) is 3.71. The van der Waals surface area contributed by atoms with E-state index in [4.69, 9.17) is 25.8 Å². The van der Waals surface area contributed by atoms with Crippen LogP contribution in [0.25, 0.3) is 0 Å². The average Bonchev–Trinajstić information content (AvgIpc) is 2.65. The van der Waals surface area contributed by atoms with E-state index in [2.05, 4.69) is 9.97 Å². The number of methoxy groups -OCH3 is 1. The molecule has 3 aromatic rings. The molecule has 0 aliphatic rings. The highest BCUT2D eigenvalue weighted by molar-refractivity contribution is 6.31. The zero-order chi connectivity index (χ0) is 20.3. The van der Waals surface area contributed by atoms with E-state index in [1.54, 1.807) is 19.1 Å². The van der Waals surface area contributed by atoms with Crippen LogP contribution in [0.3, 0.4) is 0 Å². The zero-order valence-corrected chi connectivity index (χ0v) is 15.6.